The number of thioether (sulfide) groups is 1. The molecule has 208 valence electrons. The Bertz CT molecular complexity index is 933. The van der Waals surface area contributed by atoms with E-state index in [1.54, 1.807) is 62.6 Å². The average molecular weight is 536 g/mol. The first kappa shape index (κ1) is 30.8. The number of nitrogens with one attached hydrogen (secondary N) is 2. The highest BCUT2D eigenvalue weighted by Crippen LogP contribution is 2.43. The molecule has 8 nitrogen and oxygen atoms in total. The predicted octanol–water partition coefficient (Wildman–Crippen LogP) is 4.93. The number of carbonyl (C=O) groups is 3. The van der Waals surface area contributed by atoms with Crippen LogP contribution < -0.4 is 10.6 Å². The number of ether oxygens (including phenoxy) is 1. The Labute approximate surface area is 226 Å². The van der Waals surface area contributed by atoms with Crippen LogP contribution in [0.4, 0.5) is 4.79 Å². The van der Waals surface area contributed by atoms with Gasteiger partial charge in [0.15, 0.2) is 0 Å². The van der Waals surface area contributed by atoms with E-state index < -0.39 is 23.8 Å². The summed E-state index contributed by atoms with van der Waals surface area (Å²) in [6.45, 7) is 11.7. The summed E-state index contributed by atoms with van der Waals surface area (Å²) in [6.07, 6.45) is 5.25. The van der Waals surface area contributed by atoms with Crippen LogP contribution in [0.15, 0.2) is 18.2 Å². The second-order valence-electron chi connectivity index (χ2n) is 10.9. The Morgan fingerprint density at radius 1 is 1.24 bits per heavy atom. The van der Waals surface area contributed by atoms with Crippen molar-refractivity contribution in [3.8, 4) is 5.75 Å². The Hall–Kier alpha value is -2.42. The van der Waals surface area contributed by atoms with Crippen LogP contribution in [0.2, 0.25) is 0 Å². The molecule has 1 aromatic rings. The minimum absolute atomic E-state index is 0.00285. The first-order valence-corrected chi connectivity index (χ1v) is 14.7. The van der Waals surface area contributed by atoms with Crippen LogP contribution in [0, 0.1) is 12.8 Å². The second kappa shape index (κ2) is 13.9. The number of amides is 3. The van der Waals surface area contributed by atoms with E-state index in [1.807, 2.05) is 13.2 Å². The van der Waals surface area contributed by atoms with Crippen LogP contribution in [-0.4, -0.2) is 64.2 Å². The third-order valence-electron chi connectivity index (χ3n) is 6.45. The number of benzene rings is 1. The van der Waals surface area contributed by atoms with E-state index in [0.717, 1.165) is 25.7 Å². The van der Waals surface area contributed by atoms with Gasteiger partial charge in [0.1, 0.15) is 23.4 Å². The molecule has 1 saturated carbocycles. The van der Waals surface area contributed by atoms with E-state index in [1.165, 1.54) is 0 Å². The maximum absolute atomic E-state index is 14.2. The first-order valence-electron chi connectivity index (χ1n) is 13.3. The SMILES string of the molecule is CCCCCNC(=O)C(c1cccc(C)c1O)N(C(=O)C(CCSC)NC(=O)OC(C)(C)C)C1CC1C. The number of unbranched alkanes of at least 4 members (excludes halogenated alkanes) is 2. The molecule has 0 aromatic heterocycles. The highest BCUT2D eigenvalue weighted by Gasteiger charge is 2.48. The van der Waals surface area contributed by atoms with Gasteiger partial charge < -0.3 is 25.4 Å². The number of hydrogen-bond donors (Lipinski definition) is 3. The fourth-order valence-electron chi connectivity index (χ4n) is 4.30. The van der Waals surface area contributed by atoms with Gasteiger partial charge in [-0.15, -0.1) is 0 Å². The van der Waals surface area contributed by atoms with Crippen LogP contribution in [-0.2, 0) is 14.3 Å². The quantitative estimate of drug-likeness (QED) is 0.309. The van der Waals surface area contributed by atoms with E-state index in [-0.39, 0.29) is 29.5 Å². The molecule has 0 aliphatic heterocycles. The molecule has 1 aromatic carbocycles. The smallest absolute Gasteiger partial charge is 0.408 e. The summed E-state index contributed by atoms with van der Waals surface area (Å²) in [5.74, 6) is 0.176. The Kier molecular flexibility index (Phi) is 11.6. The minimum Gasteiger partial charge on any atom is -0.507 e. The fourth-order valence-corrected chi connectivity index (χ4v) is 4.77. The molecule has 3 amide bonds. The number of para-hydroxylation sites is 1. The van der Waals surface area contributed by atoms with Crippen LogP contribution >= 0.6 is 11.8 Å². The molecule has 0 radical (unpaired) electrons. The summed E-state index contributed by atoms with van der Waals surface area (Å²) in [5, 5.41) is 16.7. The van der Waals surface area contributed by atoms with E-state index in [0.29, 0.717) is 29.8 Å². The van der Waals surface area contributed by atoms with Gasteiger partial charge >= 0.3 is 6.09 Å². The van der Waals surface area contributed by atoms with Crippen molar-refractivity contribution in [2.45, 2.75) is 97.4 Å². The standard InChI is InChI=1S/C28H45N3O5S/c1-8-9-10-15-29-25(33)23(20-13-11-12-18(2)24(20)32)31(22-17-19(22)3)26(34)21(14-16-37-7)30-27(35)36-28(4,5)6/h11-13,19,21-23,32H,8-10,14-17H2,1-7H3,(H,29,33)(H,30,35). The van der Waals surface area contributed by atoms with Gasteiger partial charge in [-0.3, -0.25) is 9.59 Å². The topological polar surface area (TPSA) is 108 Å². The summed E-state index contributed by atoms with van der Waals surface area (Å²) >= 11 is 1.57. The van der Waals surface area contributed by atoms with E-state index >= 15 is 0 Å². The predicted molar refractivity (Wildman–Crippen MR) is 149 cm³/mol. The number of aryl methyl sites for hydroxylation is 1. The molecule has 0 bridgehead atoms. The second-order valence-corrected chi connectivity index (χ2v) is 11.9. The van der Waals surface area contributed by atoms with Crippen molar-refractivity contribution in [3.05, 3.63) is 29.3 Å². The van der Waals surface area contributed by atoms with Crippen molar-refractivity contribution in [2.75, 3.05) is 18.6 Å². The zero-order valence-electron chi connectivity index (χ0n) is 23.4. The Morgan fingerprint density at radius 2 is 1.92 bits per heavy atom. The largest absolute Gasteiger partial charge is 0.507 e. The van der Waals surface area contributed by atoms with Crippen molar-refractivity contribution in [2.24, 2.45) is 5.92 Å². The lowest BCUT2D eigenvalue weighted by atomic mass is 9.98. The van der Waals surface area contributed by atoms with E-state index in [4.69, 9.17) is 4.74 Å². The number of hydrogen-bond acceptors (Lipinski definition) is 6. The zero-order chi connectivity index (χ0) is 27.8. The highest BCUT2D eigenvalue weighted by atomic mass is 32.2. The third-order valence-corrected chi connectivity index (χ3v) is 7.09. The lowest BCUT2D eigenvalue weighted by molar-refractivity contribution is -0.143. The average Bonchev–Trinajstić information content (AvgIpc) is 3.53. The molecule has 9 heteroatoms. The lowest BCUT2D eigenvalue weighted by Crippen LogP contribution is -2.54. The maximum atomic E-state index is 14.2. The molecule has 37 heavy (non-hydrogen) atoms. The highest BCUT2D eigenvalue weighted by molar-refractivity contribution is 7.98. The van der Waals surface area contributed by atoms with Gasteiger partial charge in [0, 0.05) is 18.2 Å². The molecular formula is C28H45N3O5S. The number of phenols is 1. The Morgan fingerprint density at radius 3 is 2.49 bits per heavy atom. The van der Waals surface area contributed by atoms with Crippen molar-refractivity contribution in [3.63, 3.8) is 0 Å². The minimum atomic E-state index is -1.01. The van der Waals surface area contributed by atoms with Crippen LogP contribution in [0.5, 0.6) is 5.75 Å². The van der Waals surface area contributed by atoms with Crippen LogP contribution in [0.25, 0.3) is 0 Å². The van der Waals surface area contributed by atoms with Crippen molar-refractivity contribution >= 4 is 29.7 Å². The van der Waals surface area contributed by atoms with Crippen LogP contribution in [0.1, 0.15) is 83.9 Å². The maximum Gasteiger partial charge on any atom is 0.408 e. The van der Waals surface area contributed by atoms with Crippen molar-refractivity contribution in [1.29, 1.82) is 0 Å². The van der Waals surface area contributed by atoms with Gasteiger partial charge in [0.25, 0.3) is 0 Å². The number of phenolic OH excluding ortho intramolecular Hbond substituents is 1. The molecule has 1 aliphatic carbocycles. The zero-order valence-corrected chi connectivity index (χ0v) is 24.2. The van der Waals surface area contributed by atoms with Gasteiger partial charge in [-0.1, -0.05) is 44.9 Å². The molecule has 1 aliphatic rings. The molecule has 0 saturated heterocycles. The molecule has 0 spiro atoms. The molecule has 3 N–H and O–H groups in total. The van der Waals surface area contributed by atoms with Gasteiger partial charge in [-0.25, -0.2) is 4.79 Å². The molecule has 4 atom stereocenters. The van der Waals surface area contributed by atoms with Gasteiger partial charge in [-0.2, -0.15) is 11.8 Å². The molecule has 4 unspecified atom stereocenters. The van der Waals surface area contributed by atoms with E-state index in [2.05, 4.69) is 17.6 Å². The van der Waals surface area contributed by atoms with Gasteiger partial charge in [0.2, 0.25) is 11.8 Å². The van der Waals surface area contributed by atoms with E-state index in [9.17, 15) is 19.5 Å². The monoisotopic (exact) mass is 535 g/mol. The summed E-state index contributed by atoms with van der Waals surface area (Å²) in [7, 11) is 0. The van der Waals surface area contributed by atoms with Crippen molar-refractivity contribution in [1.82, 2.24) is 15.5 Å². The third kappa shape index (κ3) is 9.13. The number of nitrogens with zero attached hydrogens (tertiary/aromatic N) is 1. The lowest BCUT2D eigenvalue weighted by Gasteiger charge is -2.35. The molecular weight excluding hydrogens is 490 g/mol. The summed E-state index contributed by atoms with van der Waals surface area (Å²) in [5.41, 5.74) is 0.306. The summed E-state index contributed by atoms with van der Waals surface area (Å²) in [6, 6.07) is 3.20. The van der Waals surface area contributed by atoms with Gasteiger partial charge in [-0.05, 0) is 70.4 Å². The summed E-state index contributed by atoms with van der Waals surface area (Å²) < 4.78 is 5.43. The fraction of sp³-hybridized carbons (Fsp3) is 0.679. The normalized spacial score (nSPS) is 18.5. The number of carbonyl (C=O) groups excluding carboxylic acids is 3. The summed E-state index contributed by atoms with van der Waals surface area (Å²) in [4.78, 5) is 42.1. The van der Waals surface area contributed by atoms with Gasteiger partial charge in [0.05, 0.1) is 0 Å². The first-order chi connectivity index (χ1) is 17.4. The Balaban J connectivity index is 2.47. The molecule has 2 rings (SSSR count). The number of alkyl carbamates (subject to hydrolysis) is 1. The molecule has 1 fully saturated rings. The number of rotatable bonds is 13. The molecule has 0 heterocycles. The number of aromatic hydroxyl groups is 1. The van der Waals surface area contributed by atoms with Crippen LogP contribution in [0.3, 0.4) is 0 Å². The van der Waals surface area contributed by atoms with Crippen molar-refractivity contribution < 1.29 is 24.2 Å².